The molecule has 5 heteroatoms. The number of hydrogen-bond acceptors (Lipinski definition) is 5. The quantitative estimate of drug-likeness (QED) is 0.702. The Morgan fingerprint density at radius 3 is 2.63 bits per heavy atom. The Kier molecular flexibility index (Phi) is 3.31. The lowest BCUT2D eigenvalue weighted by molar-refractivity contribution is 0.266. The monoisotopic (exact) mass is 262 g/mol. The summed E-state index contributed by atoms with van der Waals surface area (Å²) in [5, 5.41) is 16.1. The molecular formula is C14H22N4O. The van der Waals surface area contributed by atoms with Crippen molar-refractivity contribution in [3.8, 4) is 0 Å². The summed E-state index contributed by atoms with van der Waals surface area (Å²) in [4.78, 5) is 9.19. The highest BCUT2D eigenvalue weighted by Crippen LogP contribution is 2.41. The normalized spacial score (nSPS) is 20.1. The van der Waals surface area contributed by atoms with Crippen LogP contribution in [0.5, 0.6) is 0 Å². The van der Waals surface area contributed by atoms with E-state index in [1.54, 1.807) is 0 Å². The van der Waals surface area contributed by atoms with Crippen LogP contribution in [0.4, 0.5) is 11.6 Å². The van der Waals surface area contributed by atoms with Gasteiger partial charge in [-0.05, 0) is 32.1 Å². The summed E-state index contributed by atoms with van der Waals surface area (Å²) in [5.74, 6) is 3.22. The minimum Gasteiger partial charge on any atom is -0.394 e. The van der Waals surface area contributed by atoms with E-state index in [-0.39, 0.29) is 12.1 Å². The largest absolute Gasteiger partial charge is 0.394 e. The fourth-order valence-electron chi connectivity index (χ4n) is 2.14. The summed E-state index contributed by atoms with van der Waals surface area (Å²) in [5.41, 5.74) is -0.128. The van der Waals surface area contributed by atoms with E-state index < -0.39 is 0 Å². The van der Waals surface area contributed by atoms with Gasteiger partial charge >= 0.3 is 0 Å². The molecule has 0 saturated heterocycles. The van der Waals surface area contributed by atoms with Crippen molar-refractivity contribution in [2.75, 3.05) is 23.8 Å². The first-order chi connectivity index (χ1) is 9.24. The molecule has 2 aliphatic rings. The topological polar surface area (TPSA) is 70.1 Å². The zero-order valence-corrected chi connectivity index (χ0v) is 11.4. The van der Waals surface area contributed by atoms with Crippen molar-refractivity contribution in [2.45, 2.75) is 50.5 Å². The van der Waals surface area contributed by atoms with E-state index >= 15 is 0 Å². The lowest BCUT2D eigenvalue weighted by Gasteiger charge is -2.16. The Labute approximate surface area is 113 Å². The maximum Gasteiger partial charge on any atom is 0.136 e. The highest BCUT2D eigenvalue weighted by Gasteiger charge is 2.42. The molecule has 0 aromatic carbocycles. The maximum atomic E-state index is 9.40. The van der Waals surface area contributed by atoms with Gasteiger partial charge in [-0.15, -0.1) is 0 Å². The molecule has 1 aromatic heterocycles. The van der Waals surface area contributed by atoms with Crippen molar-refractivity contribution in [2.24, 2.45) is 0 Å². The Morgan fingerprint density at radius 2 is 2.05 bits per heavy atom. The molecule has 0 spiro atoms. The minimum absolute atomic E-state index is 0.128. The Balaban J connectivity index is 1.79. The number of aliphatic hydroxyl groups is 1. The van der Waals surface area contributed by atoms with E-state index in [1.807, 2.05) is 6.07 Å². The molecule has 3 N–H and O–H groups in total. The van der Waals surface area contributed by atoms with Crippen LogP contribution in [-0.2, 0) is 0 Å². The summed E-state index contributed by atoms with van der Waals surface area (Å²) in [7, 11) is 0. The van der Waals surface area contributed by atoms with Crippen LogP contribution in [0.1, 0.15) is 50.8 Å². The number of aromatic nitrogens is 2. The van der Waals surface area contributed by atoms with Crippen LogP contribution >= 0.6 is 0 Å². The second-order valence-corrected chi connectivity index (χ2v) is 5.76. The van der Waals surface area contributed by atoms with E-state index in [0.717, 1.165) is 43.3 Å². The van der Waals surface area contributed by atoms with Crippen molar-refractivity contribution >= 4 is 11.6 Å². The summed E-state index contributed by atoms with van der Waals surface area (Å²) in [6, 6.07) is 1.96. The standard InChI is InChI=1S/C14H22N4O/c1-2-7-15-11-8-12(18-14(9-19)5-6-14)17-13(16-11)10-3-4-10/h8,10,19H,2-7,9H2,1H3,(H2,15,16,17,18). The SMILES string of the molecule is CCCNc1cc(NC2(CO)CC2)nc(C2CC2)n1. The van der Waals surface area contributed by atoms with Gasteiger partial charge in [0.2, 0.25) is 0 Å². The zero-order valence-electron chi connectivity index (χ0n) is 11.4. The fraction of sp³-hybridized carbons (Fsp3) is 0.714. The van der Waals surface area contributed by atoms with Crippen LogP contribution in [0.15, 0.2) is 6.07 Å². The molecule has 1 heterocycles. The summed E-state index contributed by atoms with van der Waals surface area (Å²) in [6.07, 6.45) is 5.50. The molecule has 2 aliphatic carbocycles. The first-order valence-electron chi connectivity index (χ1n) is 7.26. The highest BCUT2D eigenvalue weighted by molar-refractivity contribution is 5.50. The minimum atomic E-state index is -0.128. The predicted molar refractivity (Wildman–Crippen MR) is 75.5 cm³/mol. The van der Waals surface area contributed by atoms with E-state index in [1.165, 1.54) is 12.8 Å². The molecule has 0 atom stereocenters. The average Bonchev–Trinajstić information content (AvgIpc) is 3.29. The van der Waals surface area contributed by atoms with Crippen molar-refractivity contribution in [3.05, 3.63) is 11.9 Å². The second-order valence-electron chi connectivity index (χ2n) is 5.76. The molecule has 0 amide bonds. The molecule has 0 aliphatic heterocycles. The number of nitrogens with one attached hydrogen (secondary N) is 2. The predicted octanol–water partition coefficient (Wildman–Crippen LogP) is 2.11. The summed E-state index contributed by atoms with van der Waals surface area (Å²) < 4.78 is 0. The maximum absolute atomic E-state index is 9.40. The Morgan fingerprint density at radius 1 is 1.32 bits per heavy atom. The van der Waals surface area contributed by atoms with Crippen LogP contribution in [0.25, 0.3) is 0 Å². The van der Waals surface area contributed by atoms with Crippen molar-refractivity contribution < 1.29 is 5.11 Å². The van der Waals surface area contributed by atoms with Gasteiger partial charge in [-0.25, -0.2) is 9.97 Å². The first-order valence-corrected chi connectivity index (χ1v) is 7.26. The van der Waals surface area contributed by atoms with Crippen molar-refractivity contribution in [1.82, 2.24) is 9.97 Å². The number of hydrogen-bond donors (Lipinski definition) is 3. The number of rotatable bonds is 7. The molecule has 0 unspecified atom stereocenters. The molecule has 104 valence electrons. The van der Waals surface area contributed by atoms with Gasteiger partial charge in [0.05, 0.1) is 12.1 Å². The zero-order chi connectivity index (χ0) is 13.3. The third-order valence-electron chi connectivity index (χ3n) is 3.79. The fourth-order valence-corrected chi connectivity index (χ4v) is 2.14. The summed E-state index contributed by atoms with van der Waals surface area (Å²) >= 11 is 0. The van der Waals surface area contributed by atoms with Crippen LogP contribution in [0.3, 0.4) is 0 Å². The average molecular weight is 262 g/mol. The third-order valence-corrected chi connectivity index (χ3v) is 3.79. The molecule has 0 radical (unpaired) electrons. The second kappa shape index (κ2) is 4.96. The lowest BCUT2D eigenvalue weighted by atomic mass is 10.3. The van der Waals surface area contributed by atoms with Gasteiger partial charge in [-0.3, -0.25) is 0 Å². The molecule has 5 nitrogen and oxygen atoms in total. The van der Waals surface area contributed by atoms with Crippen LogP contribution < -0.4 is 10.6 Å². The van der Waals surface area contributed by atoms with Crippen LogP contribution in [0.2, 0.25) is 0 Å². The van der Waals surface area contributed by atoms with E-state index in [2.05, 4.69) is 27.5 Å². The smallest absolute Gasteiger partial charge is 0.136 e. The van der Waals surface area contributed by atoms with E-state index in [0.29, 0.717) is 5.92 Å². The molecule has 3 rings (SSSR count). The van der Waals surface area contributed by atoms with Crippen LogP contribution in [0, 0.1) is 0 Å². The molecule has 0 bridgehead atoms. The first kappa shape index (κ1) is 12.7. The van der Waals surface area contributed by atoms with Crippen molar-refractivity contribution in [3.63, 3.8) is 0 Å². The summed E-state index contributed by atoms with van der Waals surface area (Å²) in [6.45, 7) is 3.24. The lowest BCUT2D eigenvalue weighted by Crippen LogP contribution is -2.26. The molecule has 2 fully saturated rings. The molecule has 19 heavy (non-hydrogen) atoms. The third kappa shape index (κ3) is 2.97. The van der Waals surface area contributed by atoms with Gasteiger partial charge in [0, 0.05) is 18.5 Å². The van der Waals surface area contributed by atoms with Gasteiger partial charge in [0.1, 0.15) is 17.5 Å². The van der Waals surface area contributed by atoms with E-state index in [4.69, 9.17) is 0 Å². The molecular weight excluding hydrogens is 240 g/mol. The number of anilines is 2. The van der Waals surface area contributed by atoms with Gasteiger partial charge < -0.3 is 15.7 Å². The van der Waals surface area contributed by atoms with Gasteiger partial charge in [-0.1, -0.05) is 6.92 Å². The van der Waals surface area contributed by atoms with Gasteiger partial charge in [0.15, 0.2) is 0 Å². The number of aliphatic hydroxyl groups excluding tert-OH is 1. The molecule has 2 saturated carbocycles. The van der Waals surface area contributed by atoms with Gasteiger partial charge in [0.25, 0.3) is 0 Å². The van der Waals surface area contributed by atoms with E-state index in [9.17, 15) is 5.11 Å². The number of nitrogens with zero attached hydrogens (tertiary/aromatic N) is 2. The Hall–Kier alpha value is -1.36. The Bertz CT molecular complexity index is 455. The molecule has 1 aromatic rings. The van der Waals surface area contributed by atoms with Gasteiger partial charge in [-0.2, -0.15) is 0 Å². The highest BCUT2D eigenvalue weighted by atomic mass is 16.3. The van der Waals surface area contributed by atoms with Crippen LogP contribution in [-0.4, -0.2) is 33.8 Å². The van der Waals surface area contributed by atoms with Crippen molar-refractivity contribution in [1.29, 1.82) is 0 Å².